The number of aryl methyl sites for hydroxylation is 1. The molecule has 1 amide bonds. The van der Waals surface area contributed by atoms with Gasteiger partial charge < -0.3 is 15.0 Å². The van der Waals surface area contributed by atoms with Crippen molar-refractivity contribution < 1.29 is 22.7 Å². The zero-order chi connectivity index (χ0) is 22.6. The summed E-state index contributed by atoms with van der Waals surface area (Å²) in [7, 11) is -2.47. The van der Waals surface area contributed by atoms with E-state index in [1.54, 1.807) is 19.1 Å². The molecule has 1 N–H and O–H groups in total. The van der Waals surface area contributed by atoms with E-state index < -0.39 is 21.9 Å². The molecular weight excluding hydrogens is 446 g/mol. The van der Waals surface area contributed by atoms with Crippen molar-refractivity contribution in [2.24, 2.45) is 7.05 Å². The van der Waals surface area contributed by atoms with Gasteiger partial charge in [0.1, 0.15) is 6.54 Å². The van der Waals surface area contributed by atoms with Crippen molar-refractivity contribution in [2.45, 2.75) is 11.9 Å². The lowest BCUT2D eigenvalue weighted by atomic mass is 10.2. The molecule has 0 unspecified atom stereocenters. The zero-order valence-electron chi connectivity index (χ0n) is 17.2. The molecule has 1 aliphatic rings. The van der Waals surface area contributed by atoms with Crippen LogP contribution in [0.15, 0.2) is 35.5 Å². The lowest BCUT2D eigenvalue weighted by Crippen LogP contribution is -2.49. The Hall–Kier alpha value is -2.63. The van der Waals surface area contributed by atoms with Crippen LogP contribution in [0.4, 0.5) is 5.69 Å². The van der Waals surface area contributed by atoms with Crippen molar-refractivity contribution in [1.29, 1.82) is 0 Å². The molecule has 0 atom stereocenters. The van der Waals surface area contributed by atoms with Crippen LogP contribution in [0.25, 0.3) is 0 Å². The van der Waals surface area contributed by atoms with Crippen LogP contribution >= 0.6 is 11.6 Å². The Morgan fingerprint density at radius 2 is 1.81 bits per heavy atom. The number of carbonyl (C=O) groups excluding carboxylic acids is 2. The first-order valence-electron chi connectivity index (χ1n) is 9.70. The Morgan fingerprint density at radius 3 is 2.42 bits per heavy atom. The average Bonchev–Trinajstić information content (AvgIpc) is 3.15. The molecule has 3 rings (SSSR count). The number of rotatable bonds is 7. The molecule has 0 bridgehead atoms. The number of nitrogens with one attached hydrogen (secondary N) is 1. The quantitative estimate of drug-likeness (QED) is 0.598. The van der Waals surface area contributed by atoms with Gasteiger partial charge in [-0.05, 0) is 31.2 Å². The minimum absolute atomic E-state index is 0.119. The Kier molecular flexibility index (Phi) is 7.19. The third-order valence-electron chi connectivity index (χ3n) is 4.75. The molecule has 1 aromatic heterocycles. The summed E-state index contributed by atoms with van der Waals surface area (Å²) >= 11 is 5.93. The Morgan fingerprint density at radius 1 is 1.16 bits per heavy atom. The second kappa shape index (κ2) is 9.67. The predicted octanol–water partition coefficient (Wildman–Crippen LogP) is 0.877. The number of nitrogens with zero attached hydrogens (tertiary/aromatic N) is 4. The molecule has 0 radical (unpaired) electrons. The van der Waals surface area contributed by atoms with Gasteiger partial charge in [0, 0.05) is 50.1 Å². The number of halogens is 1. The van der Waals surface area contributed by atoms with E-state index >= 15 is 0 Å². The van der Waals surface area contributed by atoms with Gasteiger partial charge in [0.15, 0.2) is 0 Å². The number of esters is 1. The van der Waals surface area contributed by atoms with E-state index in [2.05, 4.69) is 15.3 Å². The van der Waals surface area contributed by atoms with Gasteiger partial charge in [-0.2, -0.15) is 9.40 Å². The Bertz CT molecular complexity index is 1050. The number of piperazine rings is 1. The van der Waals surface area contributed by atoms with Gasteiger partial charge in [0.2, 0.25) is 5.03 Å². The molecule has 10 nitrogen and oxygen atoms in total. The lowest BCUT2D eigenvalue weighted by molar-refractivity contribution is -0.141. The van der Waals surface area contributed by atoms with Crippen molar-refractivity contribution in [3.8, 4) is 0 Å². The molecule has 2 heterocycles. The van der Waals surface area contributed by atoms with Crippen molar-refractivity contribution in [3.63, 3.8) is 0 Å². The fourth-order valence-electron chi connectivity index (χ4n) is 3.23. The van der Waals surface area contributed by atoms with Gasteiger partial charge >= 0.3 is 5.97 Å². The summed E-state index contributed by atoms with van der Waals surface area (Å²) in [6, 6.07) is 7.35. The van der Waals surface area contributed by atoms with Crippen LogP contribution in [-0.2, 0) is 26.6 Å². The summed E-state index contributed by atoms with van der Waals surface area (Å²) in [4.78, 5) is 26.1. The van der Waals surface area contributed by atoms with Crippen LogP contribution in [0, 0.1) is 0 Å². The van der Waals surface area contributed by atoms with Crippen molar-refractivity contribution in [3.05, 3.63) is 41.0 Å². The highest BCUT2D eigenvalue weighted by atomic mass is 35.5. The molecule has 1 fully saturated rings. The summed E-state index contributed by atoms with van der Waals surface area (Å²) in [6.45, 7) is 2.93. The smallest absolute Gasteiger partial charge is 0.325 e. The number of aromatic nitrogens is 2. The van der Waals surface area contributed by atoms with E-state index in [0.29, 0.717) is 18.1 Å². The van der Waals surface area contributed by atoms with Gasteiger partial charge in [0.25, 0.3) is 15.9 Å². The molecule has 1 saturated heterocycles. The summed E-state index contributed by atoms with van der Waals surface area (Å²) in [6.07, 6.45) is 1.32. The maximum absolute atomic E-state index is 13.2. The number of ether oxygens (including phenoxy) is 1. The highest BCUT2D eigenvalue weighted by molar-refractivity contribution is 7.89. The van der Waals surface area contributed by atoms with Crippen LogP contribution < -0.4 is 10.2 Å². The van der Waals surface area contributed by atoms with E-state index in [4.69, 9.17) is 16.3 Å². The third kappa shape index (κ3) is 5.35. The van der Waals surface area contributed by atoms with Crippen molar-refractivity contribution in [2.75, 3.05) is 44.2 Å². The first kappa shape index (κ1) is 23.0. The lowest BCUT2D eigenvalue weighted by Gasteiger charge is -2.35. The van der Waals surface area contributed by atoms with Gasteiger partial charge in [-0.3, -0.25) is 14.3 Å². The van der Waals surface area contributed by atoms with E-state index in [1.807, 2.05) is 12.1 Å². The fraction of sp³-hybridized carbons (Fsp3) is 0.421. The number of hydrogen-bond donors (Lipinski definition) is 1. The monoisotopic (exact) mass is 469 g/mol. The summed E-state index contributed by atoms with van der Waals surface area (Å²) in [5, 5.41) is 6.68. The zero-order valence-corrected chi connectivity index (χ0v) is 18.8. The minimum Gasteiger partial charge on any atom is -0.465 e. The molecular formula is C19H24ClN5O5S. The molecule has 1 aromatic carbocycles. The number of amides is 1. The summed E-state index contributed by atoms with van der Waals surface area (Å²) in [5.74, 6) is -1.32. The average molecular weight is 470 g/mol. The third-order valence-corrected chi connectivity index (χ3v) is 6.84. The second-order valence-electron chi connectivity index (χ2n) is 6.88. The molecule has 31 heavy (non-hydrogen) atoms. The molecule has 12 heteroatoms. The van der Waals surface area contributed by atoms with E-state index in [0.717, 1.165) is 5.69 Å². The van der Waals surface area contributed by atoms with Crippen LogP contribution in [-0.4, -0.2) is 73.7 Å². The number of anilines is 1. The summed E-state index contributed by atoms with van der Waals surface area (Å²) < 4.78 is 33.7. The molecule has 2 aromatic rings. The maximum Gasteiger partial charge on any atom is 0.325 e. The van der Waals surface area contributed by atoms with Crippen molar-refractivity contribution >= 4 is 39.2 Å². The summed E-state index contributed by atoms with van der Waals surface area (Å²) in [5.41, 5.74) is 0.838. The van der Waals surface area contributed by atoms with Gasteiger partial charge in [-0.1, -0.05) is 11.6 Å². The predicted molar refractivity (Wildman–Crippen MR) is 115 cm³/mol. The second-order valence-corrected chi connectivity index (χ2v) is 9.17. The first-order chi connectivity index (χ1) is 14.7. The van der Waals surface area contributed by atoms with E-state index in [9.17, 15) is 18.0 Å². The van der Waals surface area contributed by atoms with Crippen LogP contribution in [0.2, 0.25) is 5.02 Å². The highest BCUT2D eigenvalue weighted by Gasteiger charge is 2.34. The molecule has 168 valence electrons. The van der Waals surface area contributed by atoms with Gasteiger partial charge in [-0.15, -0.1) is 0 Å². The largest absolute Gasteiger partial charge is 0.465 e. The molecule has 0 spiro atoms. The minimum atomic E-state index is -4.00. The first-order valence-corrected chi connectivity index (χ1v) is 11.5. The number of carbonyl (C=O) groups is 2. The number of benzene rings is 1. The number of hydrogen-bond acceptors (Lipinski definition) is 7. The molecule has 1 aliphatic heterocycles. The van der Waals surface area contributed by atoms with Gasteiger partial charge in [0.05, 0.1) is 12.2 Å². The molecule has 0 aliphatic carbocycles. The standard InChI is InChI=1S/C19H24ClN5O5S/c1-3-30-17(26)12-21-18(27)16-13-23(2)22-19(16)31(28,29)25-10-8-24(9-11-25)15-6-4-14(20)5-7-15/h4-7,13H,3,8-12H2,1-2H3,(H,21,27). The maximum atomic E-state index is 13.2. The number of sulfonamides is 1. The topological polar surface area (TPSA) is 114 Å². The van der Waals surface area contributed by atoms with Crippen LogP contribution in [0.3, 0.4) is 0 Å². The molecule has 0 saturated carbocycles. The normalized spacial score (nSPS) is 15.0. The van der Waals surface area contributed by atoms with Gasteiger partial charge in [-0.25, -0.2) is 8.42 Å². The Labute approximate surface area is 185 Å². The van der Waals surface area contributed by atoms with Crippen molar-refractivity contribution in [1.82, 2.24) is 19.4 Å². The van der Waals surface area contributed by atoms with E-state index in [-0.39, 0.29) is 36.8 Å². The highest BCUT2D eigenvalue weighted by Crippen LogP contribution is 2.23. The van der Waals surface area contributed by atoms with E-state index in [1.165, 1.54) is 22.2 Å². The Balaban J connectivity index is 1.71. The van der Waals surface area contributed by atoms with Crippen LogP contribution in [0.5, 0.6) is 0 Å². The van der Waals surface area contributed by atoms with Crippen LogP contribution in [0.1, 0.15) is 17.3 Å². The SMILES string of the molecule is CCOC(=O)CNC(=O)c1cn(C)nc1S(=O)(=O)N1CCN(c2ccc(Cl)cc2)CC1. The fourth-order valence-corrected chi connectivity index (χ4v) is 4.90.